The van der Waals surface area contributed by atoms with E-state index in [4.69, 9.17) is 0 Å². The second kappa shape index (κ2) is 7.92. The van der Waals surface area contributed by atoms with Crippen molar-refractivity contribution in [3.8, 4) is 0 Å². The van der Waals surface area contributed by atoms with Crippen molar-refractivity contribution in [1.29, 1.82) is 0 Å². The molecule has 0 bridgehead atoms. The molecule has 7 nitrogen and oxygen atoms in total. The van der Waals surface area contributed by atoms with E-state index in [1.54, 1.807) is 43.4 Å². The molecule has 1 fully saturated rings. The van der Waals surface area contributed by atoms with E-state index in [1.165, 1.54) is 0 Å². The van der Waals surface area contributed by atoms with Crippen LogP contribution in [0.5, 0.6) is 0 Å². The predicted molar refractivity (Wildman–Crippen MR) is 101 cm³/mol. The highest BCUT2D eigenvalue weighted by atomic mass is 16.3. The van der Waals surface area contributed by atoms with E-state index in [9.17, 15) is 14.7 Å². The molecule has 2 amide bonds. The molecule has 27 heavy (non-hydrogen) atoms. The normalized spacial score (nSPS) is 17.7. The zero-order valence-electron chi connectivity index (χ0n) is 15.7. The lowest BCUT2D eigenvalue weighted by Crippen LogP contribution is -2.58. The Morgan fingerprint density at radius 3 is 2.70 bits per heavy atom. The lowest BCUT2D eigenvalue weighted by Gasteiger charge is -2.35. The lowest BCUT2D eigenvalue weighted by atomic mass is 9.98. The fourth-order valence-electron chi connectivity index (χ4n) is 3.20. The number of hydrogen-bond acceptors (Lipinski definition) is 4. The number of aryl methyl sites for hydroxylation is 1. The molecule has 3 rings (SSSR count). The summed E-state index contributed by atoms with van der Waals surface area (Å²) in [4.78, 5) is 33.9. The number of nitrogens with zero attached hydrogens (tertiary/aromatic N) is 2. The van der Waals surface area contributed by atoms with E-state index in [2.05, 4.69) is 15.3 Å². The summed E-state index contributed by atoms with van der Waals surface area (Å²) in [6, 6.07) is 6.85. The van der Waals surface area contributed by atoms with Gasteiger partial charge in [0.05, 0.1) is 11.9 Å². The van der Waals surface area contributed by atoms with Crippen LogP contribution in [0.4, 0.5) is 0 Å². The summed E-state index contributed by atoms with van der Waals surface area (Å²) >= 11 is 0. The highest BCUT2D eigenvalue weighted by Gasteiger charge is 2.33. The molecule has 1 aliphatic heterocycles. The third kappa shape index (κ3) is 4.95. The molecule has 3 N–H and O–H groups in total. The monoisotopic (exact) mass is 370 g/mol. The first-order chi connectivity index (χ1) is 12.8. The Morgan fingerprint density at radius 1 is 1.33 bits per heavy atom. The molecular formula is C20H26N4O3. The second-order valence-corrected chi connectivity index (χ2v) is 7.60. The highest BCUT2D eigenvalue weighted by molar-refractivity contribution is 5.98. The van der Waals surface area contributed by atoms with E-state index < -0.39 is 11.6 Å². The summed E-state index contributed by atoms with van der Waals surface area (Å²) in [7, 11) is 0. The topological polar surface area (TPSA) is 98.3 Å². The summed E-state index contributed by atoms with van der Waals surface area (Å²) < 4.78 is 0. The number of imidazole rings is 1. The lowest BCUT2D eigenvalue weighted by molar-refractivity contribution is -0.127. The van der Waals surface area contributed by atoms with Crippen LogP contribution in [0.2, 0.25) is 0 Å². The van der Waals surface area contributed by atoms with Crippen LogP contribution in [0.15, 0.2) is 36.8 Å². The number of aromatic amines is 1. The molecular weight excluding hydrogens is 344 g/mol. The maximum atomic E-state index is 13.0. The molecule has 1 saturated heterocycles. The number of H-pyrrole nitrogens is 1. The Hall–Kier alpha value is -2.67. The molecule has 1 aliphatic rings. The van der Waals surface area contributed by atoms with Crippen molar-refractivity contribution in [2.45, 2.75) is 44.8 Å². The van der Waals surface area contributed by atoms with Crippen LogP contribution in [0.1, 0.15) is 41.9 Å². The van der Waals surface area contributed by atoms with Crippen LogP contribution in [-0.4, -0.2) is 56.5 Å². The summed E-state index contributed by atoms with van der Waals surface area (Å²) in [5.74, 6) is -0.297. The maximum Gasteiger partial charge on any atom is 0.254 e. The summed E-state index contributed by atoms with van der Waals surface area (Å²) in [6.07, 6.45) is 5.03. The van der Waals surface area contributed by atoms with E-state index in [-0.39, 0.29) is 11.8 Å². The van der Waals surface area contributed by atoms with Gasteiger partial charge in [0.25, 0.3) is 5.91 Å². The maximum absolute atomic E-state index is 13.0. The first kappa shape index (κ1) is 19.1. The average Bonchev–Trinajstić information content (AvgIpc) is 3.14. The average molecular weight is 370 g/mol. The van der Waals surface area contributed by atoms with Crippen molar-refractivity contribution in [2.75, 3.05) is 13.1 Å². The van der Waals surface area contributed by atoms with Crippen LogP contribution in [0, 0.1) is 0 Å². The van der Waals surface area contributed by atoms with Crippen molar-refractivity contribution >= 4 is 11.8 Å². The minimum absolute atomic E-state index is 0.147. The fraction of sp³-hybridized carbons (Fsp3) is 0.450. The highest BCUT2D eigenvalue weighted by Crippen LogP contribution is 2.17. The van der Waals surface area contributed by atoms with Gasteiger partial charge >= 0.3 is 0 Å². The minimum Gasteiger partial charge on any atom is -0.390 e. The fourth-order valence-corrected chi connectivity index (χ4v) is 3.20. The van der Waals surface area contributed by atoms with Crippen molar-refractivity contribution in [1.82, 2.24) is 20.2 Å². The first-order valence-electron chi connectivity index (χ1n) is 9.21. The number of carbonyl (C=O) groups excluding carboxylic acids is 2. The molecule has 7 heteroatoms. The Bertz CT molecular complexity index is 779. The number of benzene rings is 1. The molecule has 1 atom stereocenters. The van der Waals surface area contributed by atoms with Gasteiger partial charge in [-0.3, -0.25) is 9.59 Å². The van der Waals surface area contributed by atoms with E-state index in [1.807, 2.05) is 12.1 Å². The quantitative estimate of drug-likeness (QED) is 0.714. The van der Waals surface area contributed by atoms with Crippen molar-refractivity contribution in [3.05, 3.63) is 53.6 Å². The number of amides is 2. The van der Waals surface area contributed by atoms with E-state index in [0.717, 1.165) is 17.7 Å². The molecule has 0 radical (unpaired) electrons. The zero-order chi connectivity index (χ0) is 19.4. The summed E-state index contributed by atoms with van der Waals surface area (Å²) in [5, 5.41) is 12.7. The van der Waals surface area contributed by atoms with Crippen LogP contribution < -0.4 is 5.32 Å². The zero-order valence-corrected chi connectivity index (χ0v) is 15.7. The number of hydrogen-bond donors (Lipinski definition) is 3. The molecule has 0 spiro atoms. The summed E-state index contributed by atoms with van der Waals surface area (Å²) in [5.41, 5.74) is 1.73. The van der Waals surface area contributed by atoms with Gasteiger partial charge in [0.2, 0.25) is 5.91 Å². The van der Waals surface area contributed by atoms with Gasteiger partial charge in [0, 0.05) is 37.0 Å². The second-order valence-electron chi connectivity index (χ2n) is 7.60. The summed E-state index contributed by atoms with van der Waals surface area (Å²) in [6.45, 7) is 4.50. The first-order valence-corrected chi connectivity index (χ1v) is 9.21. The van der Waals surface area contributed by atoms with Gasteiger partial charge in [-0.15, -0.1) is 0 Å². The predicted octanol–water partition coefficient (Wildman–Crippen LogP) is 1.30. The van der Waals surface area contributed by atoms with Crippen LogP contribution >= 0.6 is 0 Å². The third-order valence-electron chi connectivity index (χ3n) is 4.79. The smallest absolute Gasteiger partial charge is 0.254 e. The third-order valence-corrected chi connectivity index (χ3v) is 4.79. The number of piperazine rings is 1. The van der Waals surface area contributed by atoms with Gasteiger partial charge in [-0.05, 0) is 44.4 Å². The van der Waals surface area contributed by atoms with Gasteiger partial charge in [-0.25, -0.2) is 4.98 Å². The van der Waals surface area contributed by atoms with Gasteiger partial charge in [-0.2, -0.15) is 0 Å². The number of rotatable bonds is 6. The molecule has 1 aromatic heterocycles. The number of nitrogens with one attached hydrogen (secondary N) is 2. The van der Waals surface area contributed by atoms with Crippen LogP contribution in [0.25, 0.3) is 0 Å². The Morgan fingerprint density at radius 2 is 2.07 bits per heavy atom. The number of carbonyl (C=O) groups is 2. The van der Waals surface area contributed by atoms with E-state index in [0.29, 0.717) is 31.5 Å². The van der Waals surface area contributed by atoms with E-state index >= 15 is 0 Å². The van der Waals surface area contributed by atoms with Gasteiger partial charge in [0.1, 0.15) is 6.04 Å². The molecule has 0 aliphatic carbocycles. The molecule has 0 saturated carbocycles. The van der Waals surface area contributed by atoms with Gasteiger partial charge in [-0.1, -0.05) is 12.1 Å². The van der Waals surface area contributed by atoms with Gasteiger partial charge in [0.15, 0.2) is 0 Å². The number of aromatic nitrogens is 2. The number of aliphatic hydroxyl groups is 1. The molecule has 1 aromatic carbocycles. The SMILES string of the molecule is CC(C)(O)CCc1ccc(C(=O)N2CCNC(=O)[C@H]2Cc2cnc[nH]2)cc1. The molecule has 2 aromatic rings. The van der Waals surface area contributed by atoms with Gasteiger partial charge < -0.3 is 20.3 Å². The Kier molecular flexibility index (Phi) is 5.60. The van der Waals surface area contributed by atoms with Crippen molar-refractivity contribution < 1.29 is 14.7 Å². The largest absolute Gasteiger partial charge is 0.390 e. The van der Waals surface area contributed by atoms with Crippen molar-refractivity contribution in [2.24, 2.45) is 0 Å². The van der Waals surface area contributed by atoms with Crippen LogP contribution in [-0.2, 0) is 17.6 Å². The minimum atomic E-state index is -0.713. The standard InChI is InChI=1S/C20H26N4O3/c1-20(2,27)8-7-14-3-5-15(6-4-14)19(26)24-10-9-22-18(25)17(24)11-16-12-21-13-23-16/h3-6,12-13,17,27H,7-11H2,1-2H3,(H,21,23)(H,22,25)/t17-/m1/s1. The van der Waals surface area contributed by atoms with Crippen molar-refractivity contribution in [3.63, 3.8) is 0 Å². The molecule has 0 unspecified atom stereocenters. The Labute approximate surface area is 158 Å². The van der Waals surface area contributed by atoms with Crippen LogP contribution in [0.3, 0.4) is 0 Å². The molecule has 144 valence electrons. The Balaban J connectivity index is 1.71. The molecule has 2 heterocycles.